The number of amides is 1. The second kappa shape index (κ2) is 8.16. The van der Waals surface area contributed by atoms with Gasteiger partial charge in [0, 0.05) is 31.0 Å². The van der Waals surface area contributed by atoms with Crippen molar-refractivity contribution in [3.63, 3.8) is 0 Å². The van der Waals surface area contributed by atoms with Crippen LogP contribution in [0.1, 0.15) is 10.4 Å². The second-order valence-corrected chi connectivity index (χ2v) is 8.40. The molecule has 1 fully saturated rings. The highest BCUT2D eigenvalue weighted by Crippen LogP contribution is 2.22. The molecule has 1 aromatic heterocycles. The Bertz CT molecular complexity index is 1110. The summed E-state index contributed by atoms with van der Waals surface area (Å²) in [6.45, 7) is 1.33. The average molecular weight is 412 g/mol. The Morgan fingerprint density at radius 3 is 2.59 bits per heavy atom. The fourth-order valence-corrected chi connectivity index (χ4v) is 4.57. The van der Waals surface area contributed by atoms with Crippen molar-refractivity contribution < 1.29 is 17.9 Å². The molecule has 0 saturated carbocycles. The molecule has 2 heterocycles. The lowest BCUT2D eigenvalue weighted by Gasteiger charge is -2.26. The van der Waals surface area contributed by atoms with Gasteiger partial charge >= 0.3 is 0 Å². The summed E-state index contributed by atoms with van der Waals surface area (Å²) < 4.78 is 34.0. The van der Waals surface area contributed by atoms with Crippen LogP contribution in [0.15, 0.2) is 71.9 Å². The van der Waals surface area contributed by atoms with Crippen LogP contribution in [-0.4, -0.2) is 54.7 Å². The van der Waals surface area contributed by atoms with Crippen molar-refractivity contribution in [3.8, 4) is 5.69 Å². The number of morpholine rings is 1. The number of nitrogens with one attached hydrogen (secondary N) is 1. The van der Waals surface area contributed by atoms with Gasteiger partial charge in [-0.3, -0.25) is 4.79 Å². The van der Waals surface area contributed by atoms with E-state index in [9.17, 15) is 13.2 Å². The number of rotatable bonds is 5. The van der Waals surface area contributed by atoms with E-state index in [2.05, 4.69) is 10.4 Å². The number of hydrogen-bond donors (Lipinski definition) is 1. The van der Waals surface area contributed by atoms with E-state index >= 15 is 0 Å². The van der Waals surface area contributed by atoms with Gasteiger partial charge in [-0.2, -0.15) is 9.40 Å². The summed E-state index contributed by atoms with van der Waals surface area (Å²) in [5.41, 5.74) is 1.54. The maximum atomic E-state index is 12.9. The lowest BCUT2D eigenvalue weighted by atomic mass is 10.2. The number of ether oxygens (including phenoxy) is 1. The van der Waals surface area contributed by atoms with E-state index in [1.807, 2.05) is 18.2 Å². The molecule has 8 nitrogen and oxygen atoms in total. The number of hydrogen-bond acceptors (Lipinski definition) is 5. The van der Waals surface area contributed by atoms with E-state index in [0.29, 0.717) is 37.7 Å². The van der Waals surface area contributed by atoms with E-state index in [4.69, 9.17) is 4.74 Å². The van der Waals surface area contributed by atoms with Crippen LogP contribution in [0.3, 0.4) is 0 Å². The van der Waals surface area contributed by atoms with Crippen LogP contribution < -0.4 is 5.32 Å². The first kappa shape index (κ1) is 19.3. The van der Waals surface area contributed by atoms with Crippen molar-refractivity contribution in [2.75, 3.05) is 31.6 Å². The lowest BCUT2D eigenvalue weighted by molar-refractivity contribution is 0.0730. The summed E-state index contributed by atoms with van der Waals surface area (Å²) in [7, 11) is -3.68. The molecule has 3 aromatic rings. The second-order valence-electron chi connectivity index (χ2n) is 6.47. The fraction of sp³-hybridized carbons (Fsp3) is 0.200. The van der Waals surface area contributed by atoms with Crippen LogP contribution in [0, 0.1) is 0 Å². The summed E-state index contributed by atoms with van der Waals surface area (Å²) in [6, 6.07) is 15.1. The molecule has 1 aliphatic rings. The molecule has 0 radical (unpaired) electrons. The molecule has 0 spiro atoms. The first-order chi connectivity index (χ1) is 14.1. The molecular weight excluding hydrogens is 392 g/mol. The molecule has 9 heteroatoms. The molecule has 0 bridgehead atoms. The first-order valence-corrected chi connectivity index (χ1v) is 10.6. The van der Waals surface area contributed by atoms with Crippen LogP contribution >= 0.6 is 0 Å². The van der Waals surface area contributed by atoms with Crippen molar-refractivity contribution >= 4 is 21.6 Å². The SMILES string of the molecule is O=C(Nc1ccccc1-n1cccn1)c1cccc(S(=O)(=O)N2CCOCC2)c1. The minimum Gasteiger partial charge on any atom is -0.379 e. The predicted molar refractivity (Wildman–Crippen MR) is 108 cm³/mol. The normalized spacial score (nSPS) is 15.2. The van der Waals surface area contributed by atoms with Crippen molar-refractivity contribution in [2.45, 2.75) is 4.90 Å². The third kappa shape index (κ3) is 4.07. The van der Waals surface area contributed by atoms with E-state index in [-0.39, 0.29) is 10.5 Å². The molecular formula is C20H20N4O4S. The minimum atomic E-state index is -3.68. The van der Waals surface area contributed by atoms with Gasteiger partial charge in [-0.1, -0.05) is 18.2 Å². The van der Waals surface area contributed by atoms with Crippen molar-refractivity contribution in [3.05, 3.63) is 72.6 Å². The zero-order chi connectivity index (χ0) is 20.3. The third-order valence-corrected chi connectivity index (χ3v) is 6.50. The molecule has 1 amide bonds. The van der Waals surface area contributed by atoms with Crippen LogP contribution in [0.2, 0.25) is 0 Å². The van der Waals surface area contributed by atoms with E-state index in [1.54, 1.807) is 41.3 Å². The number of aromatic nitrogens is 2. The molecule has 0 atom stereocenters. The number of sulfonamides is 1. The Morgan fingerprint density at radius 2 is 1.83 bits per heavy atom. The summed E-state index contributed by atoms with van der Waals surface area (Å²) >= 11 is 0. The molecule has 0 unspecified atom stereocenters. The van der Waals surface area contributed by atoms with E-state index < -0.39 is 15.9 Å². The Labute approximate surface area is 168 Å². The van der Waals surface area contributed by atoms with Gasteiger partial charge in [-0.05, 0) is 36.4 Å². The zero-order valence-corrected chi connectivity index (χ0v) is 16.4. The molecule has 1 aliphatic heterocycles. The molecule has 29 heavy (non-hydrogen) atoms. The average Bonchev–Trinajstić information content (AvgIpc) is 3.29. The van der Waals surface area contributed by atoms with Crippen molar-refractivity contribution in [2.24, 2.45) is 0 Å². The lowest BCUT2D eigenvalue weighted by Crippen LogP contribution is -2.40. The molecule has 150 valence electrons. The summed E-state index contributed by atoms with van der Waals surface area (Å²) in [4.78, 5) is 12.9. The number of nitrogens with zero attached hydrogens (tertiary/aromatic N) is 3. The zero-order valence-electron chi connectivity index (χ0n) is 15.6. The summed E-state index contributed by atoms with van der Waals surface area (Å²) in [5, 5.41) is 7.04. The number of benzene rings is 2. The molecule has 0 aliphatic carbocycles. The Hall–Kier alpha value is -3.01. The van der Waals surface area contributed by atoms with Gasteiger partial charge in [-0.25, -0.2) is 13.1 Å². The number of carbonyl (C=O) groups is 1. The Balaban J connectivity index is 1.59. The molecule has 1 saturated heterocycles. The van der Waals surface area contributed by atoms with Gasteiger partial charge in [-0.15, -0.1) is 0 Å². The van der Waals surface area contributed by atoms with Crippen LogP contribution in [-0.2, 0) is 14.8 Å². The Morgan fingerprint density at radius 1 is 1.03 bits per heavy atom. The maximum Gasteiger partial charge on any atom is 0.255 e. The predicted octanol–water partition coefficient (Wildman–Crippen LogP) is 2.15. The quantitative estimate of drug-likeness (QED) is 0.693. The van der Waals surface area contributed by atoms with Crippen LogP contribution in [0.5, 0.6) is 0 Å². The minimum absolute atomic E-state index is 0.0902. The van der Waals surface area contributed by atoms with Crippen molar-refractivity contribution in [1.82, 2.24) is 14.1 Å². The molecule has 2 aromatic carbocycles. The standard InChI is InChI=1S/C20H20N4O4S/c25-20(22-18-7-1-2-8-19(18)24-10-4-9-21-24)16-5-3-6-17(15-16)29(26,27)23-11-13-28-14-12-23/h1-10,15H,11-14H2,(H,22,25). The van der Waals surface area contributed by atoms with Gasteiger partial charge in [0.1, 0.15) is 0 Å². The topological polar surface area (TPSA) is 93.5 Å². The number of carbonyl (C=O) groups excluding carboxylic acids is 1. The van der Waals surface area contributed by atoms with Gasteiger partial charge in [0.05, 0.1) is 29.5 Å². The number of anilines is 1. The fourth-order valence-electron chi connectivity index (χ4n) is 3.12. The molecule has 4 rings (SSSR count). The Kier molecular flexibility index (Phi) is 5.43. The van der Waals surface area contributed by atoms with Crippen LogP contribution in [0.25, 0.3) is 5.69 Å². The highest BCUT2D eigenvalue weighted by molar-refractivity contribution is 7.89. The maximum absolute atomic E-state index is 12.9. The highest BCUT2D eigenvalue weighted by Gasteiger charge is 2.27. The van der Waals surface area contributed by atoms with Gasteiger partial charge in [0.25, 0.3) is 5.91 Å². The first-order valence-electron chi connectivity index (χ1n) is 9.14. The summed E-state index contributed by atoms with van der Waals surface area (Å²) in [6.07, 6.45) is 3.43. The van der Waals surface area contributed by atoms with E-state index in [0.717, 1.165) is 0 Å². The van der Waals surface area contributed by atoms with Crippen LogP contribution in [0.4, 0.5) is 5.69 Å². The smallest absolute Gasteiger partial charge is 0.255 e. The van der Waals surface area contributed by atoms with Gasteiger partial charge in [0.15, 0.2) is 0 Å². The van der Waals surface area contributed by atoms with Gasteiger partial charge in [0.2, 0.25) is 10.0 Å². The largest absolute Gasteiger partial charge is 0.379 e. The summed E-state index contributed by atoms with van der Waals surface area (Å²) in [5.74, 6) is -0.399. The van der Waals surface area contributed by atoms with Gasteiger partial charge < -0.3 is 10.1 Å². The number of para-hydroxylation sites is 2. The highest BCUT2D eigenvalue weighted by atomic mass is 32.2. The monoisotopic (exact) mass is 412 g/mol. The molecule has 1 N–H and O–H groups in total. The third-order valence-electron chi connectivity index (χ3n) is 4.61. The van der Waals surface area contributed by atoms with Crippen molar-refractivity contribution in [1.29, 1.82) is 0 Å². The van der Waals surface area contributed by atoms with E-state index in [1.165, 1.54) is 16.4 Å².